The number of ether oxygens (including phenoxy) is 2. The highest BCUT2D eigenvalue weighted by Gasteiger charge is 2.41. The zero-order valence-corrected chi connectivity index (χ0v) is 19.3. The lowest BCUT2D eigenvalue weighted by atomic mass is 9.24. The van der Waals surface area contributed by atoms with Crippen LogP contribution < -0.4 is 20.4 Å². The molecule has 0 aliphatic carbocycles. The summed E-state index contributed by atoms with van der Waals surface area (Å²) in [4.78, 5) is 0. The molecule has 28 heavy (non-hydrogen) atoms. The highest BCUT2D eigenvalue weighted by atomic mass is 16.5. The lowest BCUT2D eigenvalue weighted by Crippen LogP contribution is -2.54. The summed E-state index contributed by atoms with van der Waals surface area (Å²) < 4.78 is 11.1. The first-order valence-electron chi connectivity index (χ1n) is 10.5. The molecule has 0 fully saturated rings. The van der Waals surface area contributed by atoms with E-state index in [1.165, 1.54) is 46.0 Å². The molecule has 2 aromatic carbocycles. The molecular formula is C25H37BO2. The van der Waals surface area contributed by atoms with Crippen LogP contribution in [0.1, 0.15) is 62.3 Å². The Kier molecular flexibility index (Phi) is 7.25. The number of aryl methyl sites for hydroxylation is 4. The van der Waals surface area contributed by atoms with E-state index in [9.17, 15) is 0 Å². The van der Waals surface area contributed by atoms with Gasteiger partial charge in [0.25, 0.3) is 0 Å². The molecular weight excluding hydrogens is 343 g/mol. The zero-order chi connectivity index (χ0) is 21.1. The molecule has 0 saturated carbocycles. The third kappa shape index (κ3) is 4.24. The van der Waals surface area contributed by atoms with Gasteiger partial charge in [-0.05, 0) is 57.3 Å². The van der Waals surface area contributed by atoms with Crippen LogP contribution in [0.25, 0.3) is 0 Å². The first-order chi connectivity index (χ1) is 13.2. The van der Waals surface area contributed by atoms with E-state index in [2.05, 4.69) is 72.7 Å². The van der Waals surface area contributed by atoms with Gasteiger partial charge in [-0.15, -0.1) is 0 Å². The van der Waals surface area contributed by atoms with Crippen molar-refractivity contribution in [3.05, 3.63) is 46.5 Å². The normalized spacial score (nSPS) is 13.2. The molecule has 0 saturated heterocycles. The summed E-state index contributed by atoms with van der Waals surface area (Å²) in [5.74, 6) is 1.88. The topological polar surface area (TPSA) is 18.5 Å². The molecule has 0 aromatic heterocycles. The Morgan fingerprint density at radius 1 is 0.750 bits per heavy atom. The first-order valence-corrected chi connectivity index (χ1v) is 10.5. The summed E-state index contributed by atoms with van der Waals surface area (Å²) in [5, 5.41) is 0.183. The van der Waals surface area contributed by atoms with Gasteiger partial charge in [-0.1, -0.05) is 73.2 Å². The van der Waals surface area contributed by atoms with Crippen molar-refractivity contribution in [1.82, 2.24) is 0 Å². The monoisotopic (exact) mass is 380 g/mol. The lowest BCUT2D eigenvalue weighted by molar-refractivity contribution is 0.414. The summed E-state index contributed by atoms with van der Waals surface area (Å²) in [5.41, 5.74) is 8.16. The van der Waals surface area contributed by atoms with Gasteiger partial charge in [0.1, 0.15) is 11.5 Å². The van der Waals surface area contributed by atoms with Crippen LogP contribution >= 0.6 is 0 Å². The SMILES string of the molecule is CCCC(C)(CC)B(c1c(C)cc(OC)cc1C)c1c(C)cc(OC)cc1C. The second-order valence-corrected chi connectivity index (χ2v) is 8.54. The van der Waals surface area contributed by atoms with Crippen LogP contribution in [0.3, 0.4) is 0 Å². The Bertz CT molecular complexity index is 722. The molecule has 3 heteroatoms. The van der Waals surface area contributed by atoms with Crippen LogP contribution in [0.15, 0.2) is 24.3 Å². The van der Waals surface area contributed by atoms with Gasteiger partial charge in [0.15, 0.2) is 0 Å². The van der Waals surface area contributed by atoms with Crippen molar-refractivity contribution in [2.24, 2.45) is 0 Å². The molecule has 0 radical (unpaired) electrons. The number of methoxy groups -OCH3 is 2. The van der Waals surface area contributed by atoms with Crippen molar-refractivity contribution in [3.8, 4) is 11.5 Å². The van der Waals surface area contributed by atoms with Crippen LogP contribution in [0.2, 0.25) is 5.31 Å². The Hall–Kier alpha value is -1.90. The van der Waals surface area contributed by atoms with Crippen molar-refractivity contribution < 1.29 is 9.47 Å². The predicted octanol–water partition coefficient (Wildman–Crippen LogP) is 5.52. The minimum atomic E-state index is 0.183. The highest BCUT2D eigenvalue weighted by molar-refractivity contribution is 6.88. The minimum Gasteiger partial charge on any atom is -0.497 e. The third-order valence-electron chi connectivity index (χ3n) is 6.51. The molecule has 152 valence electrons. The summed E-state index contributed by atoms with van der Waals surface area (Å²) in [7, 11) is 3.49. The predicted molar refractivity (Wildman–Crippen MR) is 124 cm³/mol. The molecule has 0 amide bonds. The van der Waals surface area contributed by atoms with Gasteiger partial charge in [0, 0.05) is 0 Å². The van der Waals surface area contributed by atoms with Crippen LogP contribution in [0.4, 0.5) is 0 Å². The Morgan fingerprint density at radius 2 is 1.11 bits per heavy atom. The largest absolute Gasteiger partial charge is 0.497 e. The van der Waals surface area contributed by atoms with Crippen molar-refractivity contribution in [2.75, 3.05) is 14.2 Å². The quantitative estimate of drug-likeness (QED) is 0.562. The average molecular weight is 380 g/mol. The van der Waals surface area contributed by atoms with Gasteiger partial charge in [0.2, 0.25) is 6.71 Å². The molecule has 0 heterocycles. The minimum absolute atomic E-state index is 0.183. The van der Waals surface area contributed by atoms with E-state index in [0.717, 1.165) is 17.9 Å². The Morgan fingerprint density at radius 3 is 1.36 bits per heavy atom. The number of benzene rings is 2. The van der Waals surface area contributed by atoms with Crippen LogP contribution in [0.5, 0.6) is 11.5 Å². The lowest BCUT2D eigenvalue weighted by Gasteiger charge is -2.38. The maximum Gasteiger partial charge on any atom is 0.216 e. The van der Waals surface area contributed by atoms with E-state index in [4.69, 9.17) is 9.47 Å². The smallest absolute Gasteiger partial charge is 0.216 e. The van der Waals surface area contributed by atoms with Crippen LogP contribution in [0, 0.1) is 27.7 Å². The van der Waals surface area contributed by atoms with Crippen molar-refractivity contribution in [2.45, 2.75) is 73.0 Å². The molecule has 0 bridgehead atoms. The van der Waals surface area contributed by atoms with Crippen LogP contribution in [-0.2, 0) is 0 Å². The highest BCUT2D eigenvalue weighted by Crippen LogP contribution is 2.40. The third-order valence-corrected chi connectivity index (χ3v) is 6.51. The second-order valence-electron chi connectivity index (χ2n) is 8.54. The van der Waals surface area contributed by atoms with Gasteiger partial charge >= 0.3 is 0 Å². The summed E-state index contributed by atoms with van der Waals surface area (Å²) in [6.45, 7) is 16.4. The fraction of sp³-hybridized carbons (Fsp3) is 0.520. The van der Waals surface area contributed by atoms with Crippen LogP contribution in [-0.4, -0.2) is 20.9 Å². The molecule has 2 nitrogen and oxygen atoms in total. The first kappa shape index (κ1) is 22.4. The summed E-state index contributed by atoms with van der Waals surface area (Å²) in [6.07, 6.45) is 3.52. The molecule has 0 aliphatic heterocycles. The Balaban J connectivity index is 2.84. The fourth-order valence-electron chi connectivity index (χ4n) is 4.95. The van der Waals surface area contributed by atoms with Gasteiger partial charge in [-0.25, -0.2) is 0 Å². The van der Waals surface area contributed by atoms with E-state index in [-0.39, 0.29) is 5.31 Å². The van der Waals surface area contributed by atoms with E-state index in [1.54, 1.807) is 14.2 Å². The van der Waals surface area contributed by atoms with Gasteiger partial charge in [0.05, 0.1) is 14.2 Å². The molecule has 0 aliphatic rings. The maximum absolute atomic E-state index is 5.54. The van der Waals surface area contributed by atoms with E-state index in [1.807, 2.05) is 0 Å². The molecule has 0 spiro atoms. The molecule has 1 unspecified atom stereocenters. The van der Waals surface area contributed by atoms with Crippen molar-refractivity contribution >= 4 is 17.6 Å². The summed E-state index contributed by atoms with van der Waals surface area (Å²) >= 11 is 0. The number of rotatable bonds is 8. The number of hydrogen-bond donors (Lipinski definition) is 0. The summed E-state index contributed by atoms with van der Waals surface area (Å²) in [6, 6.07) is 8.74. The second kappa shape index (κ2) is 9.07. The number of hydrogen-bond acceptors (Lipinski definition) is 2. The van der Waals surface area contributed by atoms with E-state index >= 15 is 0 Å². The van der Waals surface area contributed by atoms with Gasteiger partial charge in [-0.2, -0.15) is 0 Å². The molecule has 0 N–H and O–H groups in total. The molecule has 2 rings (SSSR count). The fourth-order valence-corrected chi connectivity index (χ4v) is 4.95. The van der Waals surface area contributed by atoms with Gasteiger partial charge < -0.3 is 9.47 Å². The van der Waals surface area contributed by atoms with Gasteiger partial charge in [-0.3, -0.25) is 0 Å². The molecule has 2 aromatic rings. The van der Waals surface area contributed by atoms with E-state index in [0.29, 0.717) is 6.71 Å². The zero-order valence-electron chi connectivity index (χ0n) is 19.3. The van der Waals surface area contributed by atoms with Crippen molar-refractivity contribution in [3.63, 3.8) is 0 Å². The van der Waals surface area contributed by atoms with E-state index < -0.39 is 0 Å². The van der Waals surface area contributed by atoms with Crippen molar-refractivity contribution in [1.29, 1.82) is 0 Å². The maximum atomic E-state index is 5.54. The average Bonchev–Trinajstić information content (AvgIpc) is 2.65. The standard InChI is InChI=1S/C25H37BO2/c1-10-12-25(7,11-2)26(23-17(3)13-21(27-8)14-18(23)4)24-19(5)15-22(28-9)16-20(24)6/h13-16H,10-12H2,1-9H3. The molecule has 1 atom stereocenters. The Labute approximate surface area is 172 Å².